The van der Waals surface area contributed by atoms with Gasteiger partial charge in [-0.05, 0) is 36.6 Å². The predicted octanol–water partition coefficient (Wildman–Crippen LogP) is 3.49. The third-order valence-corrected chi connectivity index (χ3v) is 5.41. The molecule has 1 saturated heterocycles. The SMILES string of the molecule is O=C(NCc1ccc(N2CCCCCC2)nc1)c1ccc(-n2ccnc2)c([N+](=O)[O-])c1. The summed E-state index contributed by atoms with van der Waals surface area (Å²) in [6.07, 6.45) is 11.3. The Hall–Kier alpha value is -3.75. The van der Waals surface area contributed by atoms with E-state index in [0.29, 0.717) is 12.2 Å². The van der Waals surface area contributed by atoms with Gasteiger partial charge < -0.3 is 14.8 Å². The van der Waals surface area contributed by atoms with Crippen LogP contribution in [-0.2, 0) is 6.54 Å². The van der Waals surface area contributed by atoms with Crippen LogP contribution in [0, 0.1) is 10.1 Å². The molecule has 0 unspecified atom stereocenters. The van der Waals surface area contributed by atoms with E-state index < -0.39 is 4.92 Å². The summed E-state index contributed by atoms with van der Waals surface area (Å²) in [4.78, 5) is 34.3. The number of aromatic nitrogens is 3. The molecule has 2 aromatic heterocycles. The molecule has 1 fully saturated rings. The van der Waals surface area contributed by atoms with Crippen LogP contribution in [0.5, 0.6) is 0 Å². The minimum absolute atomic E-state index is 0.158. The van der Waals surface area contributed by atoms with Crippen molar-refractivity contribution < 1.29 is 9.72 Å². The van der Waals surface area contributed by atoms with Crippen LogP contribution in [0.2, 0.25) is 0 Å². The molecule has 0 radical (unpaired) electrons. The number of benzene rings is 1. The molecule has 0 aliphatic carbocycles. The van der Waals surface area contributed by atoms with Crippen LogP contribution >= 0.6 is 0 Å². The molecule has 9 heteroatoms. The number of rotatable bonds is 6. The Labute approximate surface area is 179 Å². The fourth-order valence-electron chi connectivity index (χ4n) is 3.72. The predicted molar refractivity (Wildman–Crippen MR) is 116 cm³/mol. The molecule has 0 atom stereocenters. The summed E-state index contributed by atoms with van der Waals surface area (Å²) in [5.74, 6) is 0.583. The first-order valence-corrected chi connectivity index (χ1v) is 10.4. The smallest absolute Gasteiger partial charge is 0.294 e. The van der Waals surface area contributed by atoms with Crippen LogP contribution in [0.1, 0.15) is 41.6 Å². The van der Waals surface area contributed by atoms with Crippen LogP contribution in [0.3, 0.4) is 0 Å². The van der Waals surface area contributed by atoms with Crippen molar-refractivity contribution in [3.8, 4) is 5.69 Å². The van der Waals surface area contributed by atoms with Gasteiger partial charge in [0.2, 0.25) is 0 Å². The summed E-state index contributed by atoms with van der Waals surface area (Å²) in [6, 6.07) is 8.34. The highest BCUT2D eigenvalue weighted by Crippen LogP contribution is 2.24. The van der Waals surface area contributed by atoms with Gasteiger partial charge in [0, 0.05) is 49.9 Å². The number of nitrogens with zero attached hydrogens (tertiary/aromatic N) is 5. The monoisotopic (exact) mass is 420 g/mol. The molecule has 4 rings (SSSR count). The molecule has 1 aliphatic heterocycles. The zero-order valence-electron chi connectivity index (χ0n) is 17.1. The van der Waals surface area contributed by atoms with E-state index in [1.807, 2.05) is 12.1 Å². The summed E-state index contributed by atoms with van der Waals surface area (Å²) in [5.41, 5.74) is 1.29. The summed E-state index contributed by atoms with van der Waals surface area (Å²) in [5, 5.41) is 14.3. The van der Waals surface area contributed by atoms with Crippen molar-refractivity contribution in [1.29, 1.82) is 0 Å². The van der Waals surface area contributed by atoms with Gasteiger partial charge in [0.25, 0.3) is 11.6 Å². The highest BCUT2D eigenvalue weighted by molar-refractivity contribution is 5.95. The van der Waals surface area contributed by atoms with E-state index in [1.54, 1.807) is 24.5 Å². The maximum absolute atomic E-state index is 12.6. The quantitative estimate of drug-likeness (QED) is 0.483. The van der Waals surface area contributed by atoms with Crippen molar-refractivity contribution in [2.75, 3.05) is 18.0 Å². The van der Waals surface area contributed by atoms with Gasteiger partial charge in [-0.25, -0.2) is 9.97 Å². The number of nitro benzene ring substituents is 1. The number of hydrogen-bond donors (Lipinski definition) is 1. The number of nitrogens with one attached hydrogen (secondary N) is 1. The first kappa shape index (κ1) is 20.5. The van der Waals surface area contributed by atoms with Crippen LogP contribution < -0.4 is 10.2 Å². The van der Waals surface area contributed by atoms with Gasteiger partial charge in [0.1, 0.15) is 11.5 Å². The molecule has 31 heavy (non-hydrogen) atoms. The minimum Gasteiger partial charge on any atom is -0.357 e. The van der Waals surface area contributed by atoms with Gasteiger partial charge in [0.15, 0.2) is 0 Å². The van der Waals surface area contributed by atoms with Gasteiger partial charge in [-0.1, -0.05) is 18.9 Å². The number of hydrogen-bond acceptors (Lipinski definition) is 6. The molecular formula is C22H24N6O3. The molecule has 1 amide bonds. The van der Waals surface area contributed by atoms with Crippen molar-refractivity contribution in [3.05, 3.63) is 76.5 Å². The van der Waals surface area contributed by atoms with Crippen LogP contribution in [0.15, 0.2) is 55.2 Å². The summed E-state index contributed by atoms with van der Waals surface area (Å²) in [7, 11) is 0. The number of imidazole rings is 1. The zero-order chi connectivity index (χ0) is 21.6. The van der Waals surface area contributed by atoms with Crippen LogP contribution in [0.4, 0.5) is 11.5 Å². The number of nitro groups is 1. The van der Waals surface area contributed by atoms with Gasteiger partial charge >= 0.3 is 0 Å². The summed E-state index contributed by atoms with van der Waals surface area (Å²) < 4.78 is 1.54. The normalized spacial score (nSPS) is 14.1. The second-order valence-electron chi connectivity index (χ2n) is 7.54. The Morgan fingerprint density at radius 1 is 1.13 bits per heavy atom. The maximum atomic E-state index is 12.6. The molecule has 160 valence electrons. The number of carbonyl (C=O) groups is 1. The van der Waals surface area contributed by atoms with E-state index >= 15 is 0 Å². The van der Waals surface area contributed by atoms with Crippen molar-refractivity contribution in [1.82, 2.24) is 19.9 Å². The Kier molecular flexibility index (Phi) is 6.21. The van der Waals surface area contributed by atoms with E-state index in [4.69, 9.17) is 0 Å². The Bertz CT molecular complexity index is 1040. The van der Waals surface area contributed by atoms with E-state index in [0.717, 1.165) is 24.5 Å². The molecule has 3 heterocycles. The van der Waals surface area contributed by atoms with Crippen molar-refractivity contribution in [2.45, 2.75) is 32.2 Å². The minimum atomic E-state index is -0.502. The Morgan fingerprint density at radius 2 is 1.94 bits per heavy atom. The van der Waals surface area contributed by atoms with Crippen LogP contribution in [0.25, 0.3) is 5.69 Å². The number of anilines is 1. The Morgan fingerprint density at radius 3 is 2.58 bits per heavy atom. The molecule has 1 aliphatic rings. The molecule has 0 saturated carbocycles. The van der Waals surface area contributed by atoms with E-state index in [1.165, 1.54) is 48.8 Å². The largest absolute Gasteiger partial charge is 0.357 e. The lowest BCUT2D eigenvalue weighted by Crippen LogP contribution is -2.25. The second kappa shape index (κ2) is 9.38. The highest BCUT2D eigenvalue weighted by atomic mass is 16.6. The summed E-state index contributed by atoms with van der Waals surface area (Å²) >= 11 is 0. The third-order valence-electron chi connectivity index (χ3n) is 5.41. The lowest BCUT2D eigenvalue weighted by atomic mass is 10.1. The van der Waals surface area contributed by atoms with Crippen LogP contribution in [-0.4, -0.2) is 38.5 Å². The molecule has 3 aromatic rings. The number of pyridine rings is 1. The third kappa shape index (κ3) is 4.88. The van der Waals surface area contributed by atoms with E-state index in [9.17, 15) is 14.9 Å². The summed E-state index contributed by atoms with van der Waals surface area (Å²) in [6.45, 7) is 2.34. The lowest BCUT2D eigenvalue weighted by molar-refractivity contribution is -0.384. The Balaban J connectivity index is 1.41. The average molecular weight is 420 g/mol. The first-order valence-electron chi connectivity index (χ1n) is 10.4. The van der Waals surface area contributed by atoms with Gasteiger partial charge in [-0.3, -0.25) is 14.9 Å². The topological polar surface area (TPSA) is 106 Å². The number of carbonyl (C=O) groups excluding carboxylic acids is 1. The van der Waals surface area contributed by atoms with E-state index in [2.05, 4.69) is 20.2 Å². The first-order chi connectivity index (χ1) is 15.1. The van der Waals surface area contributed by atoms with Crippen molar-refractivity contribution in [3.63, 3.8) is 0 Å². The zero-order valence-corrected chi connectivity index (χ0v) is 17.1. The second-order valence-corrected chi connectivity index (χ2v) is 7.54. The molecule has 0 spiro atoms. The molecular weight excluding hydrogens is 396 g/mol. The van der Waals surface area contributed by atoms with Gasteiger partial charge in [0.05, 0.1) is 11.3 Å². The standard InChI is InChI=1S/C22H24N6O3/c29-22(18-6-7-19(20(13-18)28(30)31)27-12-9-23-16-27)25-15-17-5-8-21(24-14-17)26-10-3-1-2-4-11-26/h5-9,12-14,16H,1-4,10-11,15H2,(H,25,29). The van der Waals surface area contributed by atoms with E-state index in [-0.39, 0.29) is 17.2 Å². The molecule has 9 nitrogen and oxygen atoms in total. The molecule has 1 N–H and O–H groups in total. The van der Waals surface area contributed by atoms with Crippen molar-refractivity contribution in [2.24, 2.45) is 0 Å². The fourth-order valence-corrected chi connectivity index (χ4v) is 3.72. The molecule has 0 bridgehead atoms. The van der Waals surface area contributed by atoms with Gasteiger partial charge in [-0.2, -0.15) is 0 Å². The number of amides is 1. The lowest BCUT2D eigenvalue weighted by Gasteiger charge is -2.21. The highest BCUT2D eigenvalue weighted by Gasteiger charge is 2.19. The van der Waals surface area contributed by atoms with Crippen molar-refractivity contribution >= 4 is 17.4 Å². The van der Waals surface area contributed by atoms with Gasteiger partial charge in [-0.15, -0.1) is 0 Å². The molecule has 1 aromatic carbocycles. The maximum Gasteiger partial charge on any atom is 0.294 e. The average Bonchev–Trinajstić information content (AvgIpc) is 3.19. The fraction of sp³-hybridized carbons (Fsp3) is 0.318.